The van der Waals surface area contributed by atoms with E-state index in [9.17, 15) is 18.0 Å². The SMILES string of the molecule is NC(=O)CC1CC1.O=C(O)C(F)(F)F. The summed E-state index contributed by atoms with van der Waals surface area (Å²) in [7, 11) is 0. The molecule has 14 heavy (non-hydrogen) atoms. The number of carbonyl (C=O) groups excluding carboxylic acids is 1. The van der Waals surface area contributed by atoms with Crippen LogP contribution in [0.3, 0.4) is 0 Å². The minimum absolute atomic E-state index is 0.150. The molecule has 3 N–H and O–H groups in total. The molecule has 1 aliphatic rings. The number of halogens is 3. The molecule has 0 heterocycles. The number of nitrogens with two attached hydrogens (primary N) is 1. The third-order valence-electron chi connectivity index (χ3n) is 1.43. The summed E-state index contributed by atoms with van der Waals surface area (Å²) in [6, 6.07) is 0. The summed E-state index contributed by atoms with van der Waals surface area (Å²) in [6.45, 7) is 0. The van der Waals surface area contributed by atoms with E-state index in [4.69, 9.17) is 15.6 Å². The van der Waals surface area contributed by atoms with Gasteiger partial charge in [-0.05, 0) is 18.8 Å². The van der Waals surface area contributed by atoms with Gasteiger partial charge in [-0.3, -0.25) is 4.79 Å². The second-order valence-electron chi connectivity index (χ2n) is 2.92. The number of carboxylic acid groups (broad SMARTS) is 1. The second kappa shape index (κ2) is 4.83. The smallest absolute Gasteiger partial charge is 0.475 e. The zero-order valence-corrected chi connectivity index (χ0v) is 7.17. The summed E-state index contributed by atoms with van der Waals surface area (Å²) >= 11 is 0. The Labute approximate surface area is 77.9 Å². The van der Waals surface area contributed by atoms with Gasteiger partial charge < -0.3 is 10.8 Å². The maximum absolute atomic E-state index is 10.6. The topological polar surface area (TPSA) is 80.4 Å². The third-order valence-corrected chi connectivity index (χ3v) is 1.43. The van der Waals surface area contributed by atoms with Gasteiger partial charge in [-0.2, -0.15) is 13.2 Å². The standard InChI is InChI=1S/C5H9NO.C2HF3O2/c6-5(7)3-4-1-2-4;3-2(4,5)1(6)7/h4H,1-3H2,(H2,6,7);(H,6,7). The molecule has 1 amide bonds. The van der Waals surface area contributed by atoms with E-state index in [1.165, 1.54) is 12.8 Å². The Hall–Kier alpha value is -1.27. The molecular formula is C7H10F3NO3. The molecular weight excluding hydrogens is 203 g/mol. The summed E-state index contributed by atoms with van der Waals surface area (Å²) in [5.74, 6) is -2.26. The quantitative estimate of drug-likeness (QED) is 0.715. The molecule has 0 unspecified atom stereocenters. The third kappa shape index (κ3) is 7.38. The highest BCUT2D eigenvalue weighted by molar-refractivity contribution is 5.74. The fourth-order valence-corrected chi connectivity index (χ4v) is 0.606. The summed E-state index contributed by atoms with van der Waals surface area (Å²) < 4.78 is 31.7. The van der Waals surface area contributed by atoms with Crippen molar-refractivity contribution < 1.29 is 27.9 Å². The Bertz CT molecular complexity index is 223. The van der Waals surface area contributed by atoms with Crippen LogP contribution in [0.5, 0.6) is 0 Å². The van der Waals surface area contributed by atoms with Crippen molar-refractivity contribution in [2.75, 3.05) is 0 Å². The largest absolute Gasteiger partial charge is 0.490 e. The Morgan fingerprint density at radius 2 is 1.71 bits per heavy atom. The number of hydrogen-bond acceptors (Lipinski definition) is 2. The van der Waals surface area contributed by atoms with Crippen LogP contribution in [0.4, 0.5) is 13.2 Å². The molecule has 0 radical (unpaired) electrons. The number of aliphatic carboxylic acids is 1. The lowest BCUT2D eigenvalue weighted by Gasteiger charge is -1.93. The van der Waals surface area contributed by atoms with Crippen LogP contribution < -0.4 is 5.73 Å². The Balaban J connectivity index is 0.000000241. The summed E-state index contributed by atoms with van der Waals surface area (Å²) in [5, 5.41) is 7.12. The lowest BCUT2D eigenvalue weighted by atomic mass is 10.3. The average molecular weight is 213 g/mol. The van der Waals surface area contributed by atoms with Crippen LogP contribution in [0.25, 0.3) is 0 Å². The molecule has 7 heteroatoms. The first-order valence-corrected chi connectivity index (χ1v) is 3.82. The first-order chi connectivity index (χ1) is 6.23. The number of alkyl halides is 3. The highest BCUT2D eigenvalue weighted by Gasteiger charge is 2.38. The van der Waals surface area contributed by atoms with Crippen molar-refractivity contribution in [3.8, 4) is 0 Å². The summed E-state index contributed by atoms with van der Waals surface area (Å²) in [6.07, 6.45) is -2.05. The number of rotatable bonds is 2. The zero-order valence-electron chi connectivity index (χ0n) is 7.17. The molecule has 0 aliphatic heterocycles. The van der Waals surface area contributed by atoms with Crippen molar-refractivity contribution in [2.45, 2.75) is 25.4 Å². The maximum atomic E-state index is 10.6. The molecule has 0 aromatic rings. The predicted molar refractivity (Wildman–Crippen MR) is 40.2 cm³/mol. The van der Waals surface area contributed by atoms with Crippen molar-refractivity contribution >= 4 is 11.9 Å². The highest BCUT2D eigenvalue weighted by atomic mass is 19.4. The van der Waals surface area contributed by atoms with Crippen molar-refractivity contribution in [1.29, 1.82) is 0 Å². The first-order valence-electron chi connectivity index (χ1n) is 3.82. The lowest BCUT2D eigenvalue weighted by Crippen LogP contribution is -2.21. The molecule has 82 valence electrons. The number of primary amides is 1. The van der Waals surface area contributed by atoms with E-state index in [0.717, 1.165) is 0 Å². The Morgan fingerprint density at radius 1 is 1.36 bits per heavy atom. The molecule has 1 aliphatic carbocycles. The van der Waals surface area contributed by atoms with Gasteiger partial charge in [0.25, 0.3) is 0 Å². The second-order valence-corrected chi connectivity index (χ2v) is 2.92. The van der Waals surface area contributed by atoms with Crippen LogP contribution in [0.1, 0.15) is 19.3 Å². The van der Waals surface area contributed by atoms with E-state index in [-0.39, 0.29) is 5.91 Å². The zero-order chi connectivity index (χ0) is 11.4. The predicted octanol–water partition coefficient (Wildman–Crippen LogP) is 0.905. The van der Waals surface area contributed by atoms with Crippen LogP contribution in [-0.4, -0.2) is 23.2 Å². The highest BCUT2D eigenvalue weighted by Crippen LogP contribution is 2.31. The lowest BCUT2D eigenvalue weighted by molar-refractivity contribution is -0.192. The van der Waals surface area contributed by atoms with Crippen molar-refractivity contribution in [2.24, 2.45) is 11.7 Å². The molecule has 4 nitrogen and oxygen atoms in total. The van der Waals surface area contributed by atoms with Crippen molar-refractivity contribution in [3.05, 3.63) is 0 Å². The van der Waals surface area contributed by atoms with Gasteiger partial charge in [0.2, 0.25) is 5.91 Å². The fourth-order valence-electron chi connectivity index (χ4n) is 0.606. The molecule has 0 saturated heterocycles. The monoisotopic (exact) mass is 213 g/mol. The van der Waals surface area contributed by atoms with Gasteiger partial charge in [0.05, 0.1) is 0 Å². The molecule has 1 saturated carbocycles. The number of amides is 1. The first kappa shape index (κ1) is 12.7. The molecule has 1 rings (SSSR count). The van der Waals surface area contributed by atoms with Gasteiger partial charge in [0.15, 0.2) is 0 Å². The number of carboxylic acids is 1. The van der Waals surface area contributed by atoms with Crippen LogP contribution in [0, 0.1) is 5.92 Å². The molecule has 0 spiro atoms. The Kier molecular flexibility index (Phi) is 4.39. The van der Waals surface area contributed by atoms with Gasteiger partial charge >= 0.3 is 12.1 Å². The van der Waals surface area contributed by atoms with Gasteiger partial charge in [-0.15, -0.1) is 0 Å². The Morgan fingerprint density at radius 3 is 1.79 bits per heavy atom. The van der Waals surface area contributed by atoms with E-state index < -0.39 is 12.1 Å². The van der Waals surface area contributed by atoms with E-state index >= 15 is 0 Å². The van der Waals surface area contributed by atoms with E-state index in [1.54, 1.807) is 0 Å². The van der Waals surface area contributed by atoms with Crippen LogP contribution in [-0.2, 0) is 9.59 Å². The number of carbonyl (C=O) groups is 2. The van der Waals surface area contributed by atoms with Crippen LogP contribution >= 0.6 is 0 Å². The van der Waals surface area contributed by atoms with E-state index in [0.29, 0.717) is 12.3 Å². The van der Waals surface area contributed by atoms with E-state index in [2.05, 4.69) is 0 Å². The summed E-state index contributed by atoms with van der Waals surface area (Å²) in [5.41, 5.74) is 4.89. The molecule has 0 aromatic heterocycles. The molecule has 1 fully saturated rings. The normalized spacial score (nSPS) is 15.4. The number of hydrogen-bond donors (Lipinski definition) is 2. The molecule has 0 aromatic carbocycles. The maximum Gasteiger partial charge on any atom is 0.490 e. The van der Waals surface area contributed by atoms with Crippen LogP contribution in [0.15, 0.2) is 0 Å². The molecule has 0 atom stereocenters. The fraction of sp³-hybridized carbons (Fsp3) is 0.714. The average Bonchev–Trinajstić information content (AvgIpc) is 2.69. The van der Waals surface area contributed by atoms with Gasteiger partial charge in [0.1, 0.15) is 0 Å². The van der Waals surface area contributed by atoms with Gasteiger partial charge in [-0.25, -0.2) is 4.79 Å². The minimum atomic E-state index is -5.08. The van der Waals surface area contributed by atoms with Gasteiger partial charge in [-0.1, -0.05) is 0 Å². The van der Waals surface area contributed by atoms with Gasteiger partial charge in [0, 0.05) is 6.42 Å². The van der Waals surface area contributed by atoms with E-state index in [1.807, 2.05) is 0 Å². The van der Waals surface area contributed by atoms with Crippen molar-refractivity contribution in [1.82, 2.24) is 0 Å². The van der Waals surface area contributed by atoms with Crippen LogP contribution in [0.2, 0.25) is 0 Å². The summed E-state index contributed by atoms with van der Waals surface area (Å²) in [4.78, 5) is 19.0. The molecule has 0 bridgehead atoms. The minimum Gasteiger partial charge on any atom is -0.475 e. The van der Waals surface area contributed by atoms with Crippen molar-refractivity contribution in [3.63, 3.8) is 0 Å².